The fraction of sp³-hybridized carbons (Fsp3) is 0.500. The molecule has 1 aromatic carbocycles. The van der Waals surface area contributed by atoms with Gasteiger partial charge in [-0.25, -0.2) is 8.78 Å². The maximum Gasteiger partial charge on any atom is 0.255 e. The van der Waals surface area contributed by atoms with E-state index < -0.39 is 11.3 Å². The Bertz CT molecular complexity index is 364. The van der Waals surface area contributed by atoms with Gasteiger partial charge in [0.15, 0.2) is 0 Å². The summed E-state index contributed by atoms with van der Waals surface area (Å²) in [4.78, 5) is 0. The molecule has 0 amide bonds. The SMILES string of the molecule is COc1ccccc1C1(C(C)(F)F)CC1. The van der Waals surface area contributed by atoms with Gasteiger partial charge in [-0.05, 0) is 18.9 Å². The molecule has 0 heterocycles. The van der Waals surface area contributed by atoms with Crippen molar-refractivity contribution in [1.82, 2.24) is 0 Å². The van der Waals surface area contributed by atoms with Crippen molar-refractivity contribution in [3.05, 3.63) is 29.8 Å². The Morgan fingerprint density at radius 1 is 1.27 bits per heavy atom. The number of methoxy groups -OCH3 is 1. The Morgan fingerprint density at radius 2 is 1.87 bits per heavy atom. The number of para-hydroxylation sites is 1. The molecule has 3 heteroatoms. The van der Waals surface area contributed by atoms with E-state index in [4.69, 9.17) is 4.74 Å². The van der Waals surface area contributed by atoms with E-state index in [0.717, 1.165) is 6.92 Å². The third-order valence-corrected chi connectivity index (χ3v) is 3.21. The van der Waals surface area contributed by atoms with Crippen molar-refractivity contribution in [2.24, 2.45) is 0 Å². The zero-order chi connectivity index (χ0) is 11.1. The van der Waals surface area contributed by atoms with Gasteiger partial charge in [-0.2, -0.15) is 0 Å². The summed E-state index contributed by atoms with van der Waals surface area (Å²) in [6.07, 6.45) is 1.08. The topological polar surface area (TPSA) is 9.23 Å². The van der Waals surface area contributed by atoms with Crippen molar-refractivity contribution in [2.45, 2.75) is 31.1 Å². The van der Waals surface area contributed by atoms with Crippen LogP contribution >= 0.6 is 0 Å². The molecule has 0 spiro atoms. The summed E-state index contributed by atoms with van der Waals surface area (Å²) in [6.45, 7) is 0.993. The molecule has 82 valence electrons. The molecular formula is C12H14F2O. The molecule has 1 nitrogen and oxygen atoms in total. The van der Waals surface area contributed by atoms with Crippen LogP contribution in [0.5, 0.6) is 5.75 Å². The largest absolute Gasteiger partial charge is 0.496 e. The average Bonchev–Trinajstić information content (AvgIpc) is 2.97. The quantitative estimate of drug-likeness (QED) is 0.746. The lowest BCUT2D eigenvalue weighted by Crippen LogP contribution is -2.30. The highest BCUT2D eigenvalue weighted by atomic mass is 19.3. The Balaban J connectivity index is 2.46. The smallest absolute Gasteiger partial charge is 0.255 e. The minimum absolute atomic E-state index is 0.539. The van der Waals surface area contributed by atoms with E-state index in [2.05, 4.69) is 0 Å². The molecule has 1 saturated carbocycles. The summed E-state index contributed by atoms with van der Waals surface area (Å²) in [5, 5.41) is 0. The monoisotopic (exact) mass is 212 g/mol. The summed E-state index contributed by atoms with van der Waals surface area (Å²) in [7, 11) is 1.52. The van der Waals surface area contributed by atoms with Gasteiger partial charge in [0, 0.05) is 12.5 Å². The van der Waals surface area contributed by atoms with Gasteiger partial charge < -0.3 is 4.74 Å². The normalized spacial score (nSPS) is 18.7. The lowest BCUT2D eigenvalue weighted by Gasteiger charge is -2.25. The third-order valence-electron chi connectivity index (χ3n) is 3.21. The van der Waals surface area contributed by atoms with Crippen LogP contribution in [0, 0.1) is 0 Å². The summed E-state index contributed by atoms with van der Waals surface area (Å²) in [5.74, 6) is -2.11. The first-order valence-electron chi connectivity index (χ1n) is 5.02. The molecule has 1 aliphatic rings. The number of hydrogen-bond donors (Lipinski definition) is 0. The first-order chi connectivity index (χ1) is 7.01. The molecule has 0 aliphatic heterocycles. The third kappa shape index (κ3) is 1.50. The molecule has 0 radical (unpaired) electrons. The first-order valence-corrected chi connectivity index (χ1v) is 5.02. The molecule has 0 atom stereocenters. The summed E-state index contributed by atoms with van der Waals surface area (Å²) in [5.41, 5.74) is -0.348. The van der Waals surface area contributed by atoms with Crippen molar-refractivity contribution in [3.8, 4) is 5.75 Å². The minimum atomic E-state index is -2.68. The fourth-order valence-electron chi connectivity index (χ4n) is 2.11. The van der Waals surface area contributed by atoms with Crippen LogP contribution in [0.3, 0.4) is 0 Å². The number of rotatable bonds is 3. The van der Waals surface area contributed by atoms with Crippen LogP contribution in [0.2, 0.25) is 0 Å². The molecular weight excluding hydrogens is 198 g/mol. The van der Waals surface area contributed by atoms with Crippen molar-refractivity contribution in [3.63, 3.8) is 0 Å². The van der Waals surface area contributed by atoms with Gasteiger partial charge in [0.05, 0.1) is 12.5 Å². The Morgan fingerprint density at radius 3 is 2.33 bits per heavy atom. The van der Waals surface area contributed by atoms with E-state index in [9.17, 15) is 8.78 Å². The van der Waals surface area contributed by atoms with Crippen LogP contribution in [-0.4, -0.2) is 13.0 Å². The Hall–Kier alpha value is -1.12. The number of halogens is 2. The summed E-state index contributed by atoms with van der Waals surface area (Å²) >= 11 is 0. The van der Waals surface area contributed by atoms with E-state index in [1.165, 1.54) is 7.11 Å². The summed E-state index contributed by atoms with van der Waals surface area (Å²) < 4.78 is 32.2. The van der Waals surface area contributed by atoms with Gasteiger partial charge >= 0.3 is 0 Å². The number of alkyl halides is 2. The minimum Gasteiger partial charge on any atom is -0.496 e. The van der Waals surface area contributed by atoms with Crippen LogP contribution in [0.15, 0.2) is 24.3 Å². The highest BCUT2D eigenvalue weighted by molar-refractivity contribution is 5.45. The Kier molecular flexibility index (Phi) is 2.21. The van der Waals surface area contributed by atoms with Crippen LogP contribution in [0.4, 0.5) is 8.78 Å². The Labute approximate surface area is 88.1 Å². The van der Waals surface area contributed by atoms with E-state index in [1.807, 2.05) is 0 Å². The van der Waals surface area contributed by atoms with Crippen LogP contribution in [0.25, 0.3) is 0 Å². The molecule has 15 heavy (non-hydrogen) atoms. The number of ether oxygens (including phenoxy) is 1. The average molecular weight is 212 g/mol. The van der Waals surface area contributed by atoms with E-state index in [-0.39, 0.29) is 0 Å². The lowest BCUT2D eigenvalue weighted by molar-refractivity contribution is -0.0206. The molecule has 0 unspecified atom stereocenters. The van der Waals surface area contributed by atoms with Gasteiger partial charge in [0.1, 0.15) is 5.75 Å². The molecule has 0 N–H and O–H groups in total. The molecule has 0 aromatic heterocycles. The molecule has 1 fully saturated rings. The maximum absolute atomic E-state index is 13.5. The second kappa shape index (κ2) is 3.19. The predicted molar refractivity (Wildman–Crippen MR) is 54.5 cm³/mol. The highest BCUT2D eigenvalue weighted by Crippen LogP contribution is 2.59. The van der Waals surface area contributed by atoms with Gasteiger partial charge in [0.2, 0.25) is 0 Å². The molecule has 1 aliphatic carbocycles. The standard InChI is InChI=1S/C12H14F2O/c1-11(13,14)12(7-8-12)9-5-3-4-6-10(9)15-2/h3-6H,7-8H2,1-2H3. The second-order valence-corrected chi connectivity index (χ2v) is 4.17. The maximum atomic E-state index is 13.5. The lowest BCUT2D eigenvalue weighted by atomic mass is 9.89. The zero-order valence-electron chi connectivity index (χ0n) is 8.89. The van der Waals surface area contributed by atoms with Gasteiger partial charge in [-0.3, -0.25) is 0 Å². The van der Waals surface area contributed by atoms with Crippen molar-refractivity contribution < 1.29 is 13.5 Å². The highest BCUT2D eigenvalue weighted by Gasteiger charge is 2.61. The van der Waals surface area contributed by atoms with Gasteiger partial charge in [-0.15, -0.1) is 0 Å². The molecule has 2 rings (SSSR count). The van der Waals surface area contributed by atoms with E-state index in [0.29, 0.717) is 24.2 Å². The van der Waals surface area contributed by atoms with Crippen molar-refractivity contribution >= 4 is 0 Å². The van der Waals surface area contributed by atoms with Gasteiger partial charge in [0.25, 0.3) is 5.92 Å². The van der Waals surface area contributed by atoms with Crippen LogP contribution < -0.4 is 4.74 Å². The van der Waals surface area contributed by atoms with Crippen molar-refractivity contribution in [2.75, 3.05) is 7.11 Å². The van der Waals surface area contributed by atoms with Gasteiger partial charge in [-0.1, -0.05) is 18.2 Å². The van der Waals surface area contributed by atoms with Crippen molar-refractivity contribution in [1.29, 1.82) is 0 Å². The fourth-order valence-corrected chi connectivity index (χ4v) is 2.11. The van der Waals surface area contributed by atoms with E-state index in [1.54, 1.807) is 24.3 Å². The predicted octanol–water partition coefficient (Wildman–Crippen LogP) is 3.38. The number of benzene rings is 1. The summed E-state index contributed by atoms with van der Waals surface area (Å²) in [6, 6.07) is 7.06. The molecule has 0 saturated heterocycles. The molecule has 0 bridgehead atoms. The van der Waals surface area contributed by atoms with Crippen LogP contribution in [-0.2, 0) is 5.41 Å². The molecule has 1 aromatic rings. The second-order valence-electron chi connectivity index (χ2n) is 4.17. The first kappa shape index (κ1) is 10.4. The van der Waals surface area contributed by atoms with E-state index >= 15 is 0 Å². The van der Waals surface area contributed by atoms with Crippen LogP contribution in [0.1, 0.15) is 25.3 Å². The zero-order valence-corrected chi connectivity index (χ0v) is 8.89. The number of hydrogen-bond acceptors (Lipinski definition) is 1.